The minimum absolute atomic E-state index is 0.331. The van der Waals surface area contributed by atoms with Gasteiger partial charge in [-0.25, -0.2) is 0 Å². The number of hydrogen-bond donors (Lipinski definition) is 1. The molecule has 0 aliphatic heterocycles. The van der Waals surface area contributed by atoms with Crippen LogP contribution in [0.25, 0.3) is 0 Å². The monoisotopic (exact) mass is 276 g/mol. The summed E-state index contributed by atoms with van der Waals surface area (Å²) < 4.78 is 1.90. The van der Waals surface area contributed by atoms with E-state index in [2.05, 4.69) is 40.5 Å². The molecule has 102 valence electrons. The molecule has 0 aliphatic rings. The quantitative estimate of drug-likeness (QED) is 0.912. The summed E-state index contributed by atoms with van der Waals surface area (Å²) in [6.45, 7) is 4.16. The summed E-state index contributed by atoms with van der Waals surface area (Å²) >= 11 is 1.69. The second-order valence-electron chi connectivity index (χ2n) is 4.52. The molecular weight excluding hydrogens is 256 g/mol. The number of aromatic nitrogens is 3. The van der Waals surface area contributed by atoms with Gasteiger partial charge in [-0.3, -0.25) is 9.67 Å². The van der Waals surface area contributed by atoms with E-state index in [1.54, 1.807) is 11.8 Å². The highest BCUT2D eigenvalue weighted by Crippen LogP contribution is 2.28. The van der Waals surface area contributed by atoms with Crippen LogP contribution in [0.2, 0.25) is 0 Å². The predicted molar refractivity (Wildman–Crippen MR) is 78.4 cm³/mol. The van der Waals surface area contributed by atoms with E-state index in [0.717, 1.165) is 27.7 Å². The van der Waals surface area contributed by atoms with Crippen molar-refractivity contribution in [2.24, 2.45) is 7.05 Å². The molecular formula is C14H20N4S. The Hall–Kier alpha value is -1.33. The van der Waals surface area contributed by atoms with Crippen LogP contribution in [-0.2, 0) is 7.05 Å². The molecule has 2 heterocycles. The van der Waals surface area contributed by atoms with E-state index in [-0.39, 0.29) is 0 Å². The third kappa shape index (κ3) is 3.36. The standard InChI is InChI=1S/C14H20N4S/c1-5-12(15-3)13-7-6-11(9-16-13)19-14-8-10(2)17-18(14)4/h6-9,12,15H,5H2,1-4H3. The maximum absolute atomic E-state index is 4.54. The van der Waals surface area contributed by atoms with Gasteiger partial charge in [0.05, 0.1) is 16.4 Å². The summed E-state index contributed by atoms with van der Waals surface area (Å²) in [6.07, 6.45) is 2.97. The van der Waals surface area contributed by atoms with Gasteiger partial charge in [-0.1, -0.05) is 18.7 Å². The Morgan fingerprint density at radius 2 is 2.21 bits per heavy atom. The lowest BCUT2D eigenvalue weighted by Gasteiger charge is -2.13. The minimum atomic E-state index is 0.331. The second-order valence-corrected chi connectivity index (χ2v) is 5.61. The van der Waals surface area contributed by atoms with Gasteiger partial charge in [0.15, 0.2) is 0 Å². The SMILES string of the molecule is CCC(NC)c1ccc(Sc2cc(C)nn2C)cn1. The van der Waals surface area contributed by atoms with Gasteiger partial charge in [0.2, 0.25) is 0 Å². The van der Waals surface area contributed by atoms with Crippen LogP contribution in [0.15, 0.2) is 34.3 Å². The van der Waals surface area contributed by atoms with Crippen molar-refractivity contribution in [3.05, 3.63) is 35.8 Å². The van der Waals surface area contributed by atoms with Gasteiger partial charge >= 0.3 is 0 Å². The average molecular weight is 276 g/mol. The van der Waals surface area contributed by atoms with Crippen LogP contribution in [-0.4, -0.2) is 21.8 Å². The lowest BCUT2D eigenvalue weighted by Crippen LogP contribution is -2.16. The molecule has 2 aromatic heterocycles. The van der Waals surface area contributed by atoms with Crippen LogP contribution in [0.3, 0.4) is 0 Å². The molecule has 2 aromatic rings. The van der Waals surface area contributed by atoms with Gasteiger partial charge in [0.1, 0.15) is 0 Å². The smallest absolute Gasteiger partial charge is 0.0987 e. The zero-order valence-electron chi connectivity index (χ0n) is 11.8. The van der Waals surface area contributed by atoms with E-state index < -0.39 is 0 Å². The molecule has 1 atom stereocenters. The third-order valence-electron chi connectivity index (χ3n) is 3.05. The third-order valence-corrected chi connectivity index (χ3v) is 4.12. The predicted octanol–water partition coefficient (Wildman–Crippen LogP) is 2.95. The van der Waals surface area contributed by atoms with Gasteiger partial charge in [-0.15, -0.1) is 0 Å². The number of nitrogens with one attached hydrogen (secondary N) is 1. The maximum Gasteiger partial charge on any atom is 0.0987 e. The second kappa shape index (κ2) is 6.21. The first kappa shape index (κ1) is 14.1. The van der Waals surface area contributed by atoms with Crippen LogP contribution in [0.4, 0.5) is 0 Å². The summed E-state index contributed by atoms with van der Waals surface area (Å²) in [6, 6.07) is 6.63. The zero-order valence-corrected chi connectivity index (χ0v) is 12.7. The molecule has 19 heavy (non-hydrogen) atoms. The van der Waals surface area contributed by atoms with Crippen molar-refractivity contribution in [1.82, 2.24) is 20.1 Å². The van der Waals surface area contributed by atoms with Crippen LogP contribution < -0.4 is 5.32 Å². The average Bonchev–Trinajstić information content (AvgIpc) is 2.71. The van der Waals surface area contributed by atoms with Gasteiger partial charge in [0, 0.05) is 24.2 Å². The first-order valence-electron chi connectivity index (χ1n) is 6.45. The number of hydrogen-bond acceptors (Lipinski definition) is 4. The number of nitrogens with zero attached hydrogens (tertiary/aromatic N) is 3. The van der Waals surface area contributed by atoms with E-state index in [1.807, 2.05) is 31.9 Å². The summed E-state index contributed by atoms with van der Waals surface area (Å²) in [5.74, 6) is 0. The Morgan fingerprint density at radius 1 is 1.42 bits per heavy atom. The number of pyridine rings is 1. The summed E-state index contributed by atoms with van der Waals surface area (Å²) in [5.41, 5.74) is 2.13. The molecule has 0 saturated heterocycles. The Balaban J connectivity index is 2.12. The largest absolute Gasteiger partial charge is 0.312 e. The highest BCUT2D eigenvalue weighted by Gasteiger charge is 2.09. The van der Waals surface area contributed by atoms with Crippen molar-refractivity contribution in [2.75, 3.05) is 7.05 Å². The highest BCUT2D eigenvalue weighted by atomic mass is 32.2. The fourth-order valence-corrected chi connectivity index (χ4v) is 2.91. The molecule has 1 N–H and O–H groups in total. The molecule has 2 rings (SSSR count). The van der Waals surface area contributed by atoms with Crippen LogP contribution >= 0.6 is 11.8 Å². The normalized spacial score (nSPS) is 12.6. The van der Waals surface area contributed by atoms with Gasteiger partial charge < -0.3 is 5.32 Å². The highest BCUT2D eigenvalue weighted by molar-refractivity contribution is 7.99. The van der Waals surface area contributed by atoms with E-state index in [9.17, 15) is 0 Å². The maximum atomic E-state index is 4.54. The Labute approximate surface area is 118 Å². The molecule has 0 saturated carbocycles. The van der Waals surface area contributed by atoms with Crippen molar-refractivity contribution >= 4 is 11.8 Å². The van der Waals surface area contributed by atoms with Crippen molar-refractivity contribution in [3.8, 4) is 0 Å². The fraction of sp³-hybridized carbons (Fsp3) is 0.429. The van der Waals surface area contributed by atoms with E-state index in [4.69, 9.17) is 0 Å². The van der Waals surface area contributed by atoms with Crippen LogP contribution in [0, 0.1) is 6.92 Å². The molecule has 4 nitrogen and oxygen atoms in total. The molecule has 5 heteroatoms. The van der Waals surface area contributed by atoms with E-state index in [0.29, 0.717) is 6.04 Å². The molecule has 0 bridgehead atoms. The van der Waals surface area contributed by atoms with E-state index >= 15 is 0 Å². The van der Waals surface area contributed by atoms with Crippen molar-refractivity contribution < 1.29 is 0 Å². The summed E-state index contributed by atoms with van der Waals surface area (Å²) in [4.78, 5) is 5.68. The molecule has 0 spiro atoms. The lowest BCUT2D eigenvalue weighted by molar-refractivity contribution is 0.561. The van der Waals surface area contributed by atoms with E-state index in [1.165, 1.54) is 0 Å². The summed E-state index contributed by atoms with van der Waals surface area (Å²) in [7, 11) is 3.93. The number of rotatable bonds is 5. The lowest BCUT2D eigenvalue weighted by atomic mass is 10.1. The molecule has 1 unspecified atom stereocenters. The van der Waals surface area contributed by atoms with Crippen molar-refractivity contribution in [1.29, 1.82) is 0 Å². The molecule has 0 fully saturated rings. The van der Waals surface area contributed by atoms with Crippen molar-refractivity contribution in [2.45, 2.75) is 36.2 Å². The van der Waals surface area contributed by atoms with Crippen molar-refractivity contribution in [3.63, 3.8) is 0 Å². The molecule has 0 aromatic carbocycles. The number of aryl methyl sites for hydroxylation is 2. The minimum Gasteiger partial charge on any atom is -0.312 e. The Bertz CT molecular complexity index is 529. The van der Waals surface area contributed by atoms with Crippen LogP contribution in [0.1, 0.15) is 30.8 Å². The topological polar surface area (TPSA) is 42.7 Å². The molecule has 0 aliphatic carbocycles. The van der Waals surface area contributed by atoms with Gasteiger partial charge in [0.25, 0.3) is 0 Å². The summed E-state index contributed by atoms with van der Waals surface area (Å²) in [5, 5.41) is 8.74. The molecule has 0 radical (unpaired) electrons. The van der Waals surface area contributed by atoms with Gasteiger partial charge in [-0.2, -0.15) is 5.10 Å². The van der Waals surface area contributed by atoms with Crippen LogP contribution in [0.5, 0.6) is 0 Å². The fourth-order valence-electron chi connectivity index (χ4n) is 2.02. The first-order chi connectivity index (χ1) is 9.13. The molecule has 0 amide bonds. The Morgan fingerprint density at radius 3 is 2.68 bits per heavy atom. The van der Waals surface area contributed by atoms with Gasteiger partial charge in [-0.05, 0) is 38.6 Å². The first-order valence-corrected chi connectivity index (χ1v) is 7.27. The zero-order chi connectivity index (χ0) is 13.8. The Kier molecular flexibility index (Phi) is 4.61.